The summed E-state index contributed by atoms with van der Waals surface area (Å²) < 4.78 is 15.4. The summed E-state index contributed by atoms with van der Waals surface area (Å²) in [7, 11) is 1.90. The summed E-state index contributed by atoms with van der Waals surface area (Å²) in [5, 5.41) is 8.13. The molecule has 114 valence electrons. The summed E-state index contributed by atoms with van der Waals surface area (Å²) in [6.45, 7) is 6.00. The molecular formula is C15H18Cl2FN3. The zero-order valence-corrected chi connectivity index (χ0v) is 13.9. The Morgan fingerprint density at radius 2 is 1.76 bits per heavy atom. The van der Waals surface area contributed by atoms with E-state index >= 15 is 0 Å². The zero-order valence-electron chi connectivity index (χ0n) is 12.4. The number of nitrogens with one attached hydrogen (secondary N) is 1. The maximum absolute atomic E-state index is 13.6. The van der Waals surface area contributed by atoms with Crippen LogP contribution in [0.1, 0.15) is 42.8 Å². The van der Waals surface area contributed by atoms with E-state index in [1.165, 1.54) is 12.1 Å². The Morgan fingerprint density at radius 3 is 2.33 bits per heavy atom. The molecule has 1 heterocycles. The molecule has 6 heteroatoms. The minimum atomic E-state index is -0.463. The van der Waals surface area contributed by atoms with Crippen molar-refractivity contribution in [3.05, 3.63) is 51.0 Å². The van der Waals surface area contributed by atoms with Crippen LogP contribution in [-0.2, 0) is 7.05 Å². The summed E-state index contributed by atoms with van der Waals surface area (Å²) >= 11 is 11.9. The lowest BCUT2D eigenvalue weighted by Crippen LogP contribution is -2.23. The molecule has 3 nitrogen and oxygen atoms in total. The van der Waals surface area contributed by atoms with Crippen molar-refractivity contribution in [2.45, 2.75) is 32.9 Å². The van der Waals surface area contributed by atoms with Gasteiger partial charge in [-0.3, -0.25) is 4.68 Å². The fourth-order valence-electron chi connectivity index (χ4n) is 2.37. The number of hydrogen-bond acceptors (Lipinski definition) is 2. The Morgan fingerprint density at radius 1 is 1.14 bits per heavy atom. The average Bonchev–Trinajstić information content (AvgIpc) is 2.74. The molecule has 1 N–H and O–H groups in total. The molecule has 0 aliphatic heterocycles. The van der Waals surface area contributed by atoms with Crippen LogP contribution >= 0.6 is 23.2 Å². The number of aryl methyl sites for hydroxylation is 1. The van der Waals surface area contributed by atoms with E-state index in [4.69, 9.17) is 23.2 Å². The first kappa shape index (κ1) is 16.3. The molecule has 1 aromatic heterocycles. The predicted octanol–water partition coefficient (Wildman–Crippen LogP) is 4.59. The Bertz CT molecular complexity index is 655. The molecule has 0 aliphatic carbocycles. The fraction of sp³-hybridized carbons (Fsp3) is 0.400. The van der Waals surface area contributed by atoms with Crippen LogP contribution < -0.4 is 5.32 Å². The van der Waals surface area contributed by atoms with Gasteiger partial charge in [-0.25, -0.2) is 4.39 Å². The topological polar surface area (TPSA) is 29.9 Å². The van der Waals surface area contributed by atoms with Gasteiger partial charge in [-0.1, -0.05) is 23.2 Å². The van der Waals surface area contributed by atoms with Crippen LogP contribution in [0.5, 0.6) is 0 Å². The molecule has 2 rings (SSSR count). The molecule has 0 saturated heterocycles. The number of rotatable bonds is 4. The van der Waals surface area contributed by atoms with Crippen LogP contribution in [0.4, 0.5) is 4.39 Å². The molecule has 0 saturated carbocycles. The second kappa shape index (κ2) is 6.34. The fourth-order valence-corrected chi connectivity index (χ4v) is 2.91. The molecule has 0 radical (unpaired) electrons. The van der Waals surface area contributed by atoms with Crippen molar-refractivity contribution in [3.63, 3.8) is 0 Å². The van der Waals surface area contributed by atoms with Crippen LogP contribution in [0.25, 0.3) is 0 Å². The standard InChI is InChI=1S/C15H18Cl2FN3/c1-8(11-5-15(18)14(17)6-13(11)16)20-9(2)12-7-19-21(4)10(12)3/h5-9,20H,1-4H3. The lowest BCUT2D eigenvalue weighted by atomic mass is 10.0. The van der Waals surface area contributed by atoms with E-state index in [1.807, 2.05) is 38.7 Å². The van der Waals surface area contributed by atoms with Crippen molar-refractivity contribution < 1.29 is 4.39 Å². The smallest absolute Gasteiger partial charge is 0.142 e. The lowest BCUT2D eigenvalue weighted by molar-refractivity contribution is 0.490. The van der Waals surface area contributed by atoms with Gasteiger partial charge in [0, 0.05) is 35.4 Å². The molecule has 2 unspecified atom stereocenters. The molecule has 2 aromatic rings. The van der Waals surface area contributed by atoms with Crippen molar-refractivity contribution in [1.29, 1.82) is 0 Å². The van der Waals surface area contributed by atoms with Gasteiger partial charge in [0.15, 0.2) is 0 Å². The van der Waals surface area contributed by atoms with Gasteiger partial charge in [0.1, 0.15) is 5.82 Å². The molecule has 1 aromatic carbocycles. The van der Waals surface area contributed by atoms with Gasteiger partial charge in [-0.05, 0) is 38.5 Å². The minimum absolute atomic E-state index is 0.0344. The van der Waals surface area contributed by atoms with Gasteiger partial charge in [0.25, 0.3) is 0 Å². The number of halogens is 3. The largest absolute Gasteiger partial charge is 0.303 e. The first-order chi connectivity index (χ1) is 9.81. The van der Waals surface area contributed by atoms with Crippen LogP contribution in [0.2, 0.25) is 10.0 Å². The normalized spacial score (nSPS) is 14.2. The highest BCUT2D eigenvalue weighted by Crippen LogP contribution is 2.30. The SMILES string of the molecule is Cc1c(C(C)NC(C)c2cc(F)c(Cl)cc2Cl)cnn1C. The monoisotopic (exact) mass is 329 g/mol. The number of aromatic nitrogens is 2. The quantitative estimate of drug-likeness (QED) is 0.831. The average molecular weight is 330 g/mol. The van der Waals surface area contributed by atoms with E-state index in [-0.39, 0.29) is 17.1 Å². The predicted molar refractivity (Wildman–Crippen MR) is 84.3 cm³/mol. The lowest BCUT2D eigenvalue weighted by Gasteiger charge is -2.21. The molecule has 0 aliphatic rings. The molecule has 0 bridgehead atoms. The van der Waals surface area contributed by atoms with Crippen molar-refractivity contribution in [2.75, 3.05) is 0 Å². The maximum atomic E-state index is 13.6. The Hall–Kier alpha value is -1.10. The van der Waals surface area contributed by atoms with Gasteiger partial charge in [0.05, 0.1) is 11.2 Å². The van der Waals surface area contributed by atoms with Crippen LogP contribution in [-0.4, -0.2) is 9.78 Å². The van der Waals surface area contributed by atoms with Crippen LogP contribution in [0.15, 0.2) is 18.3 Å². The third-order valence-corrected chi connectivity index (χ3v) is 4.36. The zero-order chi connectivity index (χ0) is 15.7. The van der Waals surface area contributed by atoms with Crippen molar-refractivity contribution in [3.8, 4) is 0 Å². The Balaban J connectivity index is 2.20. The van der Waals surface area contributed by atoms with Gasteiger partial charge < -0.3 is 5.32 Å². The van der Waals surface area contributed by atoms with E-state index in [0.29, 0.717) is 10.6 Å². The van der Waals surface area contributed by atoms with E-state index in [1.54, 1.807) is 0 Å². The molecule has 0 fully saturated rings. The van der Waals surface area contributed by atoms with Crippen molar-refractivity contribution in [1.82, 2.24) is 15.1 Å². The summed E-state index contributed by atoms with van der Waals surface area (Å²) in [5.74, 6) is -0.463. The molecule has 0 spiro atoms. The summed E-state index contributed by atoms with van der Waals surface area (Å²) in [6.07, 6.45) is 1.84. The third kappa shape index (κ3) is 3.39. The van der Waals surface area contributed by atoms with Gasteiger partial charge in [-0.2, -0.15) is 5.10 Å². The molecular weight excluding hydrogens is 312 g/mol. The summed E-state index contributed by atoms with van der Waals surface area (Å²) in [6, 6.07) is 2.78. The first-order valence-electron chi connectivity index (χ1n) is 6.70. The molecule has 0 amide bonds. The highest BCUT2D eigenvalue weighted by atomic mass is 35.5. The second-order valence-electron chi connectivity index (χ2n) is 5.21. The minimum Gasteiger partial charge on any atom is -0.303 e. The Labute approximate surface area is 134 Å². The second-order valence-corrected chi connectivity index (χ2v) is 6.02. The molecule has 21 heavy (non-hydrogen) atoms. The number of nitrogens with zero attached hydrogens (tertiary/aromatic N) is 2. The van der Waals surface area contributed by atoms with Crippen LogP contribution in [0.3, 0.4) is 0 Å². The van der Waals surface area contributed by atoms with Crippen LogP contribution in [0, 0.1) is 12.7 Å². The Kier molecular flexibility index (Phi) is 4.91. The van der Waals surface area contributed by atoms with Gasteiger partial charge in [-0.15, -0.1) is 0 Å². The maximum Gasteiger partial charge on any atom is 0.142 e. The molecule has 2 atom stereocenters. The highest BCUT2D eigenvalue weighted by Gasteiger charge is 2.18. The summed E-state index contributed by atoms with van der Waals surface area (Å²) in [5.41, 5.74) is 2.89. The van der Waals surface area contributed by atoms with E-state index < -0.39 is 5.82 Å². The van der Waals surface area contributed by atoms with E-state index in [9.17, 15) is 4.39 Å². The third-order valence-electron chi connectivity index (χ3n) is 3.75. The van der Waals surface area contributed by atoms with Gasteiger partial charge in [0.2, 0.25) is 0 Å². The summed E-state index contributed by atoms with van der Waals surface area (Å²) in [4.78, 5) is 0. The van der Waals surface area contributed by atoms with E-state index in [0.717, 1.165) is 11.3 Å². The van der Waals surface area contributed by atoms with Crippen molar-refractivity contribution in [2.24, 2.45) is 7.05 Å². The van der Waals surface area contributed by atoms with Gasteiger partial charge >= 0.3 is 0 Å². The highest BCUT2D eigenvalue weighted by molar-refractivity contribution is 6.35. The first-order valence-corrected chi connectivity index (χ1v) is 7.45. The number of benzene rings is 1. The van der Waals surface area contributed by atoms with Crippen molar-refractivity contribution >= 4 is 23.2 Å². The van der Waals surface area contributed by atoms with E-state index in [2.05, 4.69) is 10.4 Å². The number of hydrogen-bond donors (Lipinski definition) is 1.